The molecule has 0 aromatic heterocycles. The number of nitrogens with zero attached hydrogens (tertiary/aromatic N) is 2. The predicted molar refractivity (Wildman–Crippen MR) is 103 cm³/mol. The van der Waals surface area contributed by atoms with Crippen molar-refractivity contribution in [3.05, 3.63) is 29.3 Å². The van der Waals surface area contributed by atoms with Crippen LogP contribution < -0.4 is 5.32 Å². The molecule has 0 radical (unpaired) electrons. The average Bonchev–Trinajstić information content (AvgIpc) is 2.63. The van der Waals surface area contributed by atoms with Crippen molar-refractivity contribution in [3.8, 4) is 0 Å². The second-order valence-corrected chi connectivity index (χ2v) is 8.79. The van der Waals surface area contributed by atoms with Crippen LogP contribution in [0.2, 0.25) is 0 Å². The summed E-state index contributed by atoms with van der Waals surface area (Å²) in [6, 6.07) is 5.09. The fourth-order valence-corrected chi connectivity index (χ4v) is 4.15. The summed E-state index contributed by atoms with van der Waals surface area (Å²) in [5.41, 5.74) is 1.63. The standard InChI is InChI=1S/C18H27N3O5S/c1-5-26-18(23)15-7-6-8-16(13(15)2)19-17(22)14-9-11-21(12-10-14)27(24,25)20(3)4/h6-8,14H,5,9-12H2,1-4H3,(H,19,22). The number of anilines is 1. The lowest BCUT2D eigenvalue weighted by Gasteiger charge is -2.32. The molecule has 0 spiro atoms. The summed E-state index contributed by atoms with van der Waals surface area (Å²) >= 11 is 0. The van der Waals surface area contributed by atoms with E-state index in [1.165, 1.54) is 22.7 Å². The van der Waals surface area contributed by atoms with Crippen LogP contribution in [0.3, 0.4) is 0 Å². The second-order valence-electron chi connectivity index (χ2n) is 6.65. The molecule has 1 amide bonds. The quantitative estimate of drug-likeness (QED) is 0.736. The zero-order chi connectivity index (χ0) is 20.2. The fraction of sp³-hybridized carbons (Fsp3) is 0.556. The summed E-state index contributed by atoms with van der Waals surface area (Å²) in [6.45, 7) is 4.39. The number of benzene rings is 1. The number of nitrogens with one attached hydrogen (secondary N) is 1. The molecule has 27 heavy (non-hydrogen) atoms. The topological polar surface area (TPSA) is 96.0 Å². The third-order valence-electron chi connectivity index (χ3n) is 4.70. The summed E-state index contributed by atoms with van der Waals surface area (Å²) in [7, 11) is -0.465. The first kappa shape index (κ1) is 21.3. The molecule has 2 rings (SSSR count). The molecule has 1 aromatic rings. The highest BCUT2D eigenvalue weighted by Gasteiger charge is 2.32. The maximum absolute atomic E-state index is 12.6. The summed E-state index contributed by atoms with van der Waals surface area (Å²) in [5, 5.41) is 2.87. The van der Waals surface area contributed by atoms with Gasteiger partial charge in [-0.15, -0.1) is 0 Å². The van der Waals surface area contributed by atoms with Crippen molar-refractivity contribution >= 4 is 27.8 Å². The Labute approximate surface area is 160 Å². The van der Waals surface area contributed by atoms with Gasteiger partial charge < -0.3 is 10.1 Å². The van der Waals surface area contributed by atoms with E-state index in [1.54, 1.807) is 32.0 Å². The minimum atomic E-state index is -3.45. The molecule has 1 saturated heterocycles. The maximum atomic E-state index is 12.6. The van der Waals surface area contributed by atoms with Gasteiger partial charge in [-0.05, 0) is 44.4 Å². The van der Waals surface area contributed by atoms with Crippen molar-refractivity contribution in [2.75, 3.05) is 39.1 Å². The predicted octanol–water partition coefficient (Wildman–Crippen LogP) is 1.63. The van der Waals surface area contributed by atoms with Crippen LogP contribution in [0.4, 0.5) is 5.69 Å². The van der Waals surface area contributed by atoms with Crippen molar-refractivity contribution in [2.24, 2.45) is 5.92 Å². The normalized spacial score (nSPS) is 16.3. The van der Waals surface area contributed by atoms with Crippen LogP contribution in [0.1, 0.15) is 35.7 Å². The van der Waals surface area contributed by atoms with E-state index in [2.05, 4.69) is 5.32 Å². The number of carbonyl (C=O) groups excluding carboxylic acids is 2. The first-order chi connectivity index (χ1) is 12.7. The van der Waals surface area contributed by atoms with E-state index in [4.69, 9.17) is 4.74 Å². The lowest BCUT2D eigenvalue weighted by Crippen LogP contribution is -2.46. The summed E-state index contributed by atoms with van der Waals surface area (Å²) in [6.07, 6.45) is 0.908. The molecule has 1 aromatic carbocycles. The van der Waals surface area contributed by atoms with Crippen molar-refractivity contribution < 1.29 is 22.7 Å². The largest absolute Gasteiger partial charge is 0.462 e. The third kappa shape index (κ3) is 4.85. The first-order valence-corrected chi connectivity index (χ1v) is 10.3. The molecule has 0 aliphatic carbocycles. The lowest BCUT2D eigenvalue weighted by molar-refractivity contribution is -0.120. The van der Waals surface area contributed by atoms with Crippen molar-refractivity contribution in [3.63, 3.8) is 0 Å². The van der Waals surface area contributed by atoms with E-state index < -0.39 is 16.2 Å². The van der Waals surface area contributed by atoms with Crippen LogP contribution in [0.25, 0.3) is 0 Å². The Hall–Kier alpha value is -1.97. The van der Waals surface area contributed by atoms with Gasteiger partial charge in [0.25, 0.3) is 10.2 Å². The van der Waals surface area contributed by atoms with Crippen LogP contribution in [0.5, 0.6) is 0 Å². The number of hydrogen-bond donors (Lipinski definition) is 1. The van der Waals surface area contributed by atoms with Gasteiger partial charge in [0.15, 0.2) is 0 Å². The molecule has 0 saturated carbocycles. The lowest BCUT2D eigenvalue weighted by atomic mass is 9.96. The molecule has 9 heteroatoms. The van der Waals surface area contributed by atoms with Crippen molar-refractivity contribution in [1.82, 2.24) is 8.61 Å². The summed E-state index contributed by atoms with van der Waals surface area (Å²) in [4.78, 5) is 24.6. The molecule has 1 heterocycles. The van der Waals surface area contributed by atoms with Crippen LogP contribution >= 0.6 is 0 Å². The van der Waals surface area contributed by atoms with Gasteiger partial charge in [0, 0.05) is 38.8 Å². The molecule has 1 N–H and O–H groups in total. The minimum Gasteiger partial charge on any atom is -0.462 e. The summed E-state index contributed by atoms with van der Waals surface area (Å²) < 4.78 is 31.9. The number of carbonyl (C=O) groups is 2. The molecule has 8 nitrogen and oxygen atoms in total. The molecular weight excluding hydrogens is 370 g/mol. The number of hydrogen-bond acceptors (Lipinski definition) is 5. The minimum absolute atomic E-state index is 0.166. The summed E-state index contributed by atoms with van der Waals surface area (Å²) in [5.74, 6) is -0.862. The van der Waals surface area contributed by atoms with Crippen LogP contribution in [0.15, 0.2) is 18.2 Å². The van der Waals surface area contributed by atoms with Gasteiger partial charge in [0.05, 0.1) is 12.2 Å². The molecule has 1 fully saturated rings. The van der Waals surface area contributed by atoms with E-state index in [9.17, 15) is 18.0 Å². The highest BCUT2D eigenvalue weighted by atomic mass is 32.2. The Balaban J connectivity index is 2.03. The van der Waals surface area contributed by atoms with E-state index in [0.717, 1.165) is 0 Å². The van der Waals surface area contributed by atoms with E-state index in [-0.39, 0.29) is 18.4 Å². The second kappa shape index (κ2) is 8.81. The van der Waals surface area contributed by atoms with Gasteiger partial charge in [-0.2, -0.15) is 17.0 Å². The van der Waals surface area contributed by atoms with E-state index >= 15 is 0 Å². The molecule has 0 unspecified atom stereocenters. The van der Waals surface area contributed by atoms with Crippen molar-refractivity contribution in [1.29, 1.82) is 0 Å². The fourth-order valence-electron chi connectivity index (χ4n) is 3.02. The van der Waals surface area contributed by atoms with Gasteiger partial charge in [-0.3, -0.25) is 4.79 Å². The Morgan fingerprint density at radius 3 is 2.44 bits per heavy atom. The van der Waals surface area contributed by atoms with E-state index in [1.807, 2.05) is 0 Å². The smallest absolute Gasteiger partial charge is 0.338 e. The first-order valence-electron chi connectivity index (χ1n) is 8.93. The molecule has 0 bridgehead atoms. The van der Waals surface area contributed by atoms with Crippen LogP contribution in [-0.2, 0) is 19.7 Å². The molecule has 0 atom stereocenters. The van der Waals surface area contributed by atoms with Crippen LogP contribution in [-0.4, -0.2) is 62.7 Å². The Morgan fingerprint density at radius 2 is 1.89 bits per heavy atom. The molecule has 150 valence electrons. The van der Waals surface area contributed by atoms with Gasteiger partial charge in [0.1, 0.15) is 0 Å². The van der Waals surface area contributed by atoms with Gasteiger partial charge in [0.2, 0.25) is 5.91 Å². The zero-order valence-electron chi connectivity index (χ0n) is 16.2. The monoisotopic (exact) mass is 397 g/mol. The number of esters is 1. The Morgan fingerprint density at radius 1 is 1.26 bits per heavy atom. The van der Waals surface area contributed by atoms with E-state index in [0.29, 0.717) is 42.7 Å². The van der Waals surface area contributed by atoms with Gasteiger partial charge in [-0.1, -0.05) is 6.07 Å². The third-order valence-corrected chi connectivity index (χ3v) is 6.64. The Bertz CT molecular complexity index is 799. The SMILES string of the molecule is CCOC(=O)c1cccc(NC(=O)C2CCN(S(=O)(=O)N(C)C)CC2)c1C. The number of ether oxygens (including phenoxy) is 1. The van der Waals surface area contributed by atoms with Gasteiger partial charge in [-0.25, -0.2) is 4.79 Å². The zero-order valence-corrected chi connectivity index (χ0v) is 17.0. The molecular formula is C18H27N3O5S. The number of piperidine rings is 1. The maximum Gasteiger partial charge on any atom is 0.338 e. The average molecular weight is 397 g/mol. The van der Waals surface area contributed by atoms with Crippen molar-refractivity contribution in [2.45, 2.75) is 26.7 Å². The number of amides is 1. The highest BCUT2D eigenvalue weighted by molar-refractivity contribution is 7.86. The number of rotatable bonds is 6. The molecule has 1 aliphatic rings. The van der Waals surface area contributed by atoms with Crippen LogP contribution in [0, 0.1) is 12.8 Å². The Kier molecular flexibility index (Phi) is 6.96. The molecule has 1 aliphatic heterocycles. The highest BCUT2D eigenvalue weighted by Crippen LogP contribution is 2.24. The van der Waals surface area contributed by atoms with Gasteiger partial charge >= 0.3 is 5.97 Å².